The number of nitrogens with zero attached hydrogens (tertiary/aromatic N) is 3. The Morgan fingerprint density at radius 2 is 2.11 bits per heavy atom. The highest BCUT2D eigenvalue weighted by Crippen LogP contribution is 2.36. The molecular weight excluding hydrogens is 236 g/mol. The zero-order chi connectivity index (χ0) is 13.2. The minimum atomic E-state index is 0.575. The Labute approximate surface area is 113 Å². The molecular formula is C15H20N4. The molecule has 1 aliphatic rings. The fourth-order valence-corrected chi connectivity index (χ4v) is 2.63. The molecule has 0 aliphatic heterocycles. The fourth-order valence-electron chi connectivity index (χ4n) is 2.63. The van der Waals surface area contributed by atoms with Crippen LogP contribution in [0, 0.1) is 11.8 Å². The molecule has 0 radical (unpaired) electrons. The third-order valence-corrected chi connectivity index (χ3v) is 3.99. The van der Waals surface area contributed by atoms with Gasteiger partial charge in [0.2, 0.25) is 0 Å². The van der Waals surface area contributed by atoms with E-state index in [-0.39, 0.29) is 0 Å². The minimum absolute atomic E-state index is 0.575. The van der Waals surface area contributed by atoms with E-state index in [0.717, 1.165) is 23.3 Å². The second-order valence-corrected chi connectivity index (χ2v) is 5.64. The quantitative estimate of drug-likeness (QED) is 0.914. The first-order valence-electron chi connectivity index (χ1n) is 6.95. The maximum atomic E-state index is 4.42. The number of hydrogen-bond donors (Lipinski definition) is 1. The topological polar surface area (TPSA) is 42.7 Å². The summed E-state index contributed by atoms with van der Waals surface area (Å²) in [5.74, 6) is 2.53. The molecule has 4 heteroatoms. The van der Waals surface area contributed by atoms with Gasteiger partial charge in [-0.2, -0.15) is 5.10 Å². The monoisotopic (exact) mass is 256 g/mol. The van der Waals surface area contributed by atoms with Crippen LogP contribution in [0.1, 0.15) is 26.7 Å². The van der Waals surface area contributed by atoms with E-state index < -0.39 is 0 Å². The van der Waals surface area contributed by atoms with Crippen LogP contribution in [0.5, 0.6) is 0 Å². The summed E-state index contributed by atoms with van der Waals surface area (Å²) < 4.78 is 1.81. The minimum Gasteiger partial charge on any atom is -0.379 e. The molecule has 0 bridgehead atoms. The standard InChI is InChI=1S/C15H20N4/c1-11(2)12-9-13(10-12)18-14-5-3-6-16-15(14)19-8-4-7-17-19/h3-8,11-13,18H,9-10H2,1-2H3. The molecule has 1 fully saturated rings. The molecule has 0 saturated heterocycles. The van der Waals surface area contributed by atoms with Crippen molar-refractivity contribution < 1.29 is 0 Å². The maximum absolute atomic E-state index is 4.42. The van der Waals surface area contributed by atoms with Crippen LogP contribution in [0.15, 0.2) is 36.8 Å². The largest absolute Gasteiger partial charge is 0.379 e. The molecule has 0 atom stereocenters. The molecule has 2 aromatic heterocycles. The average molecular weight is 256 g/mol. The van der Waals surface area contributed by atoms with E-state index in [9.17, 15) is 0 Å². The maximum Gasteiger partial charge on any atom is 0.176 e. The molecule has 1 aliphatic carbocycles. The average Bonchev–Trinajstić information content (AvgIpc) is 2.87. The molecule has 0 unspecified atom stereocenters. The summed E-state index contributed by atoms with van der Waals surface area (Å²) >= 11 is 0. The van der Waals surface area contributed by atoms with Crippen molar-refractivity contribution in [3.8, 4) is 5.82 Å². The fraction of sp³-hybridized carbons (Fsp3) is 0.467. The number of aromatic nitrogens is 3. The second kappa shape index (κ2) is 5.03. The van der Waals surface area contributed by atoms with Gasteiger partial charge >= 0.3 is 0 Å². The Hall–Kier alpha value is -1.84. The van der Waals surface area contributed by atoms with Crippen LogP contribution in [-0.2, 0) is 0 Å². The summed E-state index contributed by atoms with van der Waals surface area (Å²) in [7, 11) is 0. The molecule has 3 rings (SSSR count). The predicted octanol–water partition coefficient (Wildman–Crippen LogP) is 3.11. The van der Waals surface area contributed by atoms with Crippen LogP contribution in [0.3, 0.4) is 0 Å². The number of nitrogens with one attached hydrogen (secondary N) is 1. The van der Waals surface area contributed by atoms with Crippen molar-refractivity contribution in [1.29, 1.82) is 0 Å². The van der Waals surface area contributed by atoms with Crippen LogP contribution in [0.25, 0.3) is 5.82 Å². The molecule has 1 N–H and O–H groups in total. The first-order valence-corrected chi connectivity index (χ1v) is 6.95. The van der Waals surface area contributed by atoms with Gasteiger partial charge in [0.1, 0.15) is 0 Å². The van der Waals surface area contributed by atoms with E-state index in [1.165, 1.54) is 12.8 Å². The molecule has 100 valence electrons. The van der Waals surface area contributed by atoms with E-state index in [0.29, 0.717) is 6.04 Å². The third-order valence-electron chi connectivity index (χ3n) is 3.99. The van der Waals surface area contributed by atoms with E-state index >= 15 is 0 Å². The first-order chi connectivity index (χ1) is 9.24. The Morgan fingerprint density at radius 1 is 1.26 bits per heavy atom. The molecule has 4 nitrogen and oxygen atoms in total. The number of rotatable bonds is 4. The Bertz CT molecular complexity index is 527. The van der Waals surface area contributed by atoms with E-state index in [4.69, 9.17) is 0 Å². The predicted molar refractivity (Wildman–Crippen MR) is 76.3 cm³/mol. The first kappa shape index (κ1) is 12.2. The summed E-state index contributed by atoms with van der Waals surface area (Å²) in [5, 5.41) is 7.85. The molecule has 0 aromatic carbocycles. The third kappa shape index (κ3) is 2.48. The highest BCUT2D eigenvalue weighted by molar-refractivity contribution is 5.57. The van der Waals surface area contributed by atoms with Crippen molar-refractivity contribution in [2.75, 3.05) is 5.32 Å². The normalized spacial score (nSPS) is 22.3. The van der Waals surface area contributed by atoms with Crippen LogP contribution in [0.2, 0.25) is 0 Å². The second-order valence-electron chi connectivity index (χ2n) is 5.64. The SMILES string of the molecule is CC(C)C1CC(Nc2cccnc2-n2cccn2)C1. The van der Waals surface area contributed by atoms with Gasteiger partial charge in [0.25, 0.3) is 0 Å². The van der Waals surface area contributed by atoms with Crippen LogP contribution in [0.4, 0.5) is 5.69 Å². The zero-order valence-electron chi connectivity index (χ0n) is 11.5. The van der Waals surface area contributed by atoms with Crippen molar-refractivity contribution >= 4 is 5.69 Å². The van der Waals surface area contributed by atoms with Gasteiger partial charge in [0.15, 0.2) is 5.82 Å². The summed E-state index contributed by atoms with van der Waals surface area (Å²) in [6.45, 7) is 4.61. The molecule has 0 amide bonds. The van der Waals surface area contributed by atoms with Gasteiger partial charge in [-0.25, -0.2) is 9.67 Å². The van der Waals surface area contributed by atoms with Crippen molar-refractivity contribution in [1.82, 2.24) is 14.8 Å². The molecule has 0 spiro atoms. The van der Waals surface area contributed by atoms with Gasteiger partial charge in [-0.1, -0.05) is 13.8 Å². The van der Waals surface area contributed by atoms with Gasteiger partial charge in [-0.05, 0) is 42.9 Å². The summed E-state index contributed by atoms with van der Waals surface area (Å²) in [6, 6.07) is 6.53. The van der Waals surface area contributed by atoms with Gasteiger partial charge in [0, 0.05) is 24.6 Å². The number of anilines is 1. The van der Waals surface area contributed by atoms with Gasteiger partial charge in [-0.3, -0.25) is 0 Å². The Kier molecular flexibility index (Phi) is 3.23. The summed E-state index contributed by atoms with van der Waals surface area (Å²) in [4.78, 5) is 4.42. The summed E-state index contributed by atoms with van der Waals surface area (Å²) in [5.41, 5.74) is 1.07. The lowest BCUT2D eigenvalue weighted by Gasteiger charge is -2.39. The molecule has 2 aromatic rings. The zero-order valence-corrected chi connectivity index (χ0v) is 11.5. The van der Waals surface area contributed by atoms with Crippen molar-refractivity contribution in [2.24, 2.45) is 11.8 Å². The van der Waals surface area contributed by atoms with Crippen molar-refractivity contribution in [3.05, 3.63) is 36.8 Å². The lowest BCUT2D eigenvalue weighted by molar-refractivity contribution is 0.212. The van der Waals surface area contributed by atoms with Crippen LogP contribution in [-0.4, -0.2) is 20.8 Å². The van der Waals surface area contributed by atoms with Crippen LogP contribution < -0.4 is 5.32 Å². The van der Waals surface area contributed by atoms with E-state index in [1.807, 2.05) is 18.3 Å². The van der Waals surface area contributed by atoms with Crippen LogP contribution >= 0.6 is 0 Å². The summed E-state index contributed by atoms with van der Waals surface area (Å²) in [6.07, 6.45) is 8.01. The van der Waals surface area contributed by atoms with E-state index in [2.05, 4.69) is 35.3 Å². The molecule has 19 heavy (non-hydrogen) atoms. The number of pyridine rings is 1. The smallest absolute Gasteiger partial charge is 0.176 e. The van der Waals surface area contributed by atoms with Gasteiger partial charge in [-0.15, -0.1) is 0 Å². The lowest BCUT2D eigenvalue weighted by atomic mass is 9.73. The van der Waals surface area contributed by atoms with Gasteiger partial charge < -0.3 is 5.32 Å². The molecule has 1 saturated carbocycles. The lowest BCUT2D eigenvalue weighted by Crippen LogP contribution is -2.38. The highest BCUT2D eigenvalue weighted by Gasteiger charge is 2.31. The Balaban J connectivity index is 1.72. The number of hydrogen-bond acceptors (Lipinski definition) is 3. The van der Waals surface area contributed by atoms with Crippen molar-refractivity contribution in [3.63, 3.8) is 0 Å². The Morgan fingerprint density at radius 3 is 2.79 bits per heavy atom. The van der Waals surface area contributed by atoms with Gasteiger partial charge in [0.05, 0.1) is 5.69 Å². The van der Waals surface area contributed by atoms with E-state index in [1.54, 1.807) is 17.1 Å². The molecule has 2 heterocycles. The highest BCUT2D eigenvalue weighted by atomic mass is 15.3. The van der Waals surface area contributed by atoms with Crippen molar-refractivity contribution in [2.45, 2.75) is 32.7 Å².